The molecule has 1 aliphatic heterocycles. The molecule has 33 heavy (non-hydrogen) atoms. The maximum Gasteiger partial charge on any atom is 0.283 e. The number of nitrogens with one attached hydrogen (secondary N) is 1. The molecule has 1 aliphatic rings. The van der Waals surface area contributed by atoms with Crippen LogP contribution in [0.1, 0.15) is 5.56 Å². The van der Waals surface area contributed by atoms with Crippen molar-refractivity contribution in [3.8, 4) is 11.5 Å². The van der Waals surface area contributed by atoms with Crippen molar-refractivity contribution >= 4 is 46.6 Å². The lowest BCUT2D eigenvalue weighted by Gasteiger charge is -2.18. The van der Waals surface area contributed by atoms with E-state index in [9.17, 15) is 9.59 Å². The number of carbonyl (C=O) groups excluding carboxylic acids is 2. The first kappa shape index (κ1) is 22.8. The predicted octanol–water partition coefficient (Wildman–Crippen LogP) is 5.65. The number of amides is 2. The van der Waals surface area contributed by atoms with Gasteiger partial charge in [0.25, 0.3) is 11.8 Å². The Bertz CT molecular complexity index is 1260. The van der Waals surface area contributed by atoms with Gasteiger partial charge in [-0.1, -0.05) is 53.2 Å². The molecule has 168 valence electrons. The molecule has 0 aliphatic carbocycles. The van der Waals surface area contributed by atoms with Crippen molar-refractivity contribution in [2.24, 2.45) is 0 Å². The molecule has 3 aromatic rings. The average Bonchev–Trinajstić information content (AvgIpc) is 3.04. The first-order valence-corrected chi connectivity index (χ1v) is 11.2. The van der Waals surface area contributed by atoms with Crippen LogP contribution in [0.15, 0.2) is 82.2 Å². The molecule has 2 amide bonds. The van der Waals surface area contributed by atoms with Crippen LogP contribution in [0.25, 0.3) is 0 Å². The summed E-state index contributed by atoms with van der Waals surface area (Å²) in [4.78, 5) is 29.3. The molecular formula is C25H21ClN2O4S. The number of carbonyl (C=O) groups is 2. The molecule has 4 rings (SSSR count). The smallest absolute Gasteiger partial charge is 0.283 e. The van der Waals surface area contributed by atoms with Gasteiger partial charge in [-0.15, -0.1) is 0 Å². The number of hydrogen-bond acceptors (Lipinski definition) is 6. The van der Waals surface area contributed by atoms with Crippen LogP contribution in [0, 0.1) is 6.92 Å². The molecule has 1 N–H and O–H groups in total. The molecule has 1 heterocycles. The first-order valence-electron chi connectivity index (χ1n) is 10.0. The fourth-order valence-corrected chi connectivity index (χ4v) is 4.55. The van der Waals surface area contributed by atoms with Crippen LogP contribution in [0.4, 0.5) is 11.4 Å². The predicted molar refractivity (Wildman–Crippen MR) is 131 cm³/mol. The summed E-state index contributed by atoms with van der Waals surface area (Å²) >= 11 is 7.49. The average molecular weight is 481 g/mol. The van der Waals surface area contributed by atoms with Gasteiger partial charge >= 0.3 is 0 Å². The zero-order valence-corrected chi connectivity index (χ0v) is 19.8. The summed E-state index contributed by atoms with van der Waals surface area (Å²) in [5.74, 6) is 0.0192. The van der Waals surface area contributed by atoms with E-state index in [0.29, 0.717) is 27.9 Å². The Balaban J connectivity index is 1.76. The standard InChI is InChI=1S/C25H21ClN2O4S/c1-15-8-11-17(12-9-15)33-23-22(27-16-10-13-20(31-2)18(26)14-16)24(29)28(25(23)30)19-6-4-5-7-21(19)32-3/h4-14,27H,1-3H3. The third-order valence-corrected chi connectivity index (χ3v) is 6.42. The van der Waals surface area contributed by atoms with Crippen LogP contribution >= 0.6 is 23.4 Å². The lowest BCUT2D eigenvalue weighted by atomic mass is 10.2. The fraction of sp³-hybridized carbons (Fsp3) is 0.120. The van der Waals surface area contributed by atoms with Gasteiger partial charge in [-0.2, -0.15) is 0 Å². The normalized spacial score (nSPS) is 13.5. The van der Waals surface area contributed by atoms with Crippen LogP contribution in [-0.4, -0.2) is 26.0 Å². The second kappa shape index (κ2) is 9.60. The third-order valence-electron chi connectivity index (χ3n) is 5.03. The first-order chi connectivity index (χ1) is 15.9. The zero-order valence-electron chi connectivity index (χ0n) is 18.2. The molecule has 3 aromatic carbocycles. The summed E-state index contributed by atoms with van der Waals surface area (Å²) in [6, 6.07) is 19.7. The minimum Gasteiger partial charge on any atom is -0.495 e. The highest BCUT2D eigenvalue weighted by Crippen LogP contribution is 2.40. The van der Waals surface area contributed by atoms with Crippen LogP contribution in [0.5, 0.6) is 11.5 Å². The Morgan fingerprint density at radius 3 is 2.24 bits per heavy atom. The Hall–Kier alpha value is -3.42. The van der Waals surface area contributed by atoms with E-state index in [4.69, 9.17) is 21.1 Å². The molecule has 0 saturated carbocycles. The topological polar surface area (TPSA) is 67.9 Å². The van der Waals surface area contributed by atoms with E-state index in [1.165, 1.54) is 26.0 Å². The van der Waals surface area contributed by atoms with Crippen LogP contribution in [0.3, 0.4) is 0 Å². The van der Waals surface area contributed by atoms with Crippen LogP contribution < -0.4 is 19.7 Å². The van der Waals surface area contributed by atoms with E-state index in [2.05, 4.69) is 5.32 Å². The Morgan fingerprint density at radius 1 is 0.879 bits per heavy atom. The highest BCUT2D eigenvalue weighted by atomic mass is 35.5. The number of para-hydroxylation sites is 2. The minimum atomic E-state index is -0.481. The van der Waals surface area contributed by atoms with Gasteiger partial charge in [0.2, 0.25) is 0 Å². The van der Waals surface area contributed by atoms with E-state index in [1.54, 1.807) is 42.5 Å². The number of hydrogen-bond donors (Lipinski definition) is 1. The number of imide groups is 1. The minimum absolute atomic E-state index is 0.165. The van der Waals surface area contributed by atoms with Crippen molar-refractivity contribution < 1.29 is 19.1 Å². The van der Waals surface area contributed by atoms with E-state index in [0.717, 1.165) is 15.4 Å². The Morgan fingerprint density at radius 2 is 1.58 bits per heavy atom. The highest BCUT2D eigenvalue weighted by molar-refractivity contribution is 8.04. The summed E-state index contributed by atoms with van der Waals surface area (Å²) in [7, 11) is 3.02. The van der Waals surface area contributed by atoms with Crippen molar-refractivity contribution in [3.63, 3.8) is 0 Å². The number of halogens is 1. The number of ether oxygens (including phenoxy) is 2. The van der Waals surface area contributed by atoms with Gasteiger partial charge in [-0.3, -0.25) is 9.59 Å². The lowest BCUT2D eigenvalue weighted by Crippen LogP contribution is -2.32. The van der Waals surface area contributed by atoms with Gasteiger partial charge in [-0.25, -0.2) is 4.90 Å². The van der Waals surface area contributed by atoms with E-state index in [-0.39, 0.29) is 10.6 Å². The van der Waals surface area contributed by atoms with Gasteiger partial charge in [0.05, 0.1) is 24.9 Å². The molecular weight excluding hydrogens is 460 g/mol. The van der Waals surface area contributed by atoms with Crippen LogP contribution in [0.2, 0.25) is 5.02 Å². The highest BCUT2D eigenvalue weighted by Gasteiger charge is 2.41. The fourth-order valence-electron chi connectivity index (χ4n) is 3.36. The third kappa shape index (κ3) is 4.55. The summed E-state index contributed by atoms with van der Waals surface area (Å²) in [5, 5.41) is 3.48. The number of methoxy groups -OCH3 is 2. The summed E-state index contributed by atoms with van der Waals surface area (Å²) in [6.45, 7) is 1.99. The molecule has 0 saturated heterocycles. The zero-order chi connectivity index (χ0) is 23.5. The molecule has 6 nitrogen and oxygen atoms in total. The molecule has 8 heteroatoms. The molecule has 0 bridgehead atoms. The Labute approximate surface area is 201 Å². The molecule has 0 aromatic heterocycles. The number of anilines is 2. The summed E-state index contributed by atoms with van der Waals surface area (Å²) in [6.07, 6.45) is 0. The molecule has 0 atom stereocenters. The maximum absolute atomic E-state index is 13.5. The molecule has 0 unspecified atom stereocenters. The van der Waals surface area contributed by atoms with Gasteiger partial charge < -0.3 is 14.8 Å². The van der Waals surface area contributed by atoms with Crippen molar-refractivity contribution in [1.29, 1.82) is 0 Å². The van der Waals surface area contributed by atoms with E-state index < -0.39 is 11.8 Å². The largest absolute Gasteiger partial charge is 0.495 e. The summed E-state index contributed by atoms with van der Waals surface area (Å²) < 4.78 is 10.6. The van der Waals surface area contributed by atoms with Crippen molar-refractivity contribution in [2.45, 2.75) is 11.8 Å². The van der Waals surface area contributed by atoms with Crippen molar-refractivity contribution in [2.75, 3.05) is 24.4 Å². The second-order valence-electron chi connectivity index (χ2n) is 7.21. The number of thioether (sulfide) groups is 1. The maximum atomic E-state index is 13.5. The van der Waals surface area contributed by atoms with E-state index >= 15 is 0 Å². The lowest BCUT2D eigenvalue weighted by molar-refractivity contribution is -0.120. The number of aryl methyl sites for hydroxylation is 1. The second-order valence-corrected chi connectivity index (χ2v) is 8.70. The molecule has 0 spiro atoms. The SMILES string of the molecule is COc1ccc(NC2=C(Sc3ccc(C)cc3)C(=O)N(c3ccccc3OC)C2=O)cc1Cl. The van der Waals surface area contributed by atoms with Crippen molar-refractivity contribution in [3.05, 3.63) is 87.9 Å². The quantitative estimate of drug-likeness (QED) is 0.440. The van der Waals surface area contributed by atoms with Crippen LogP contribution in [-0.2, 0) is 9.59 Å². The molecule has 0 radical (unpaired) electrons. The molecule has 0 fully saturated rings. The number of nitrogens with zero attached hydrogens (tertiary/aromatic N) is 1. The van der Waals surface area contributed by atoms with E-state index in [1.807, 2.05) is 31.2 Å². The Kier molecular flexibility index (Phi) is 6.62. The van der Waals surface area contributed by atoms with Crippen molar-refractivity contribution in [1.82, 2.24) is 0 Å². The van der Waals surface area contributed by atoms with Gasteiger partial charge in [0, 0.05) is 10.6 Å². The monoisotopic (exact) mass is 480 g/mol. The van der Waals surface area contributed by atoms with Gasteiger partial charge in [0.1, 0.15) is 22.1 Å². The summed E-state index contributed by atoms with van der Waals surface area (Å²) in [5.41, 5.74) is 2.20. The number of benzene rings is 3. The number of rotatable bonds is 7. The van der Waals surface area contributed by atoms with Gasteiger partial charge in [-0.05, 0) is 49.4 Å². The van der Waals surface area contributed by atoms with Gasteiger partial charge in [0.15, 0.2) is 0 Å².